The first-order valence-electron chi connectivity index (χ1n) is 6.70. The number of carbonyl (C=O) groups excluding carboxylic acids is 2. The minimum Gasteiger partial charge on any atom is -0.366 e. The van der Waals surface area contributed by atoms with E-state index >= 15 is 0 Å². The summed E-state index contributed by atoms with van der Waals surface area (Å²) in [5, 5.41) is 0. The summed E-state index contributed by atoms with van der Waals surface area (Å²) < 4.78 is 0. The highest BCUT2D eigenvalue weighted by Crippen LogP contribution is 2.12. The number of aromatic amines is 1. The number of hydrogen-bond donors (Lipinski definition) is 2. The topological polar surface area (TPSA) is 88.8 Å². The fraction of sp³-hybridized carbons (Fsp3) is 0. The van der Waals surface area contributed by atoms with Gasteiger partial charge in [-0.2, -0.15) is 0 Å². The molecule has 3 aromatic rings. The first-order valence-corrected chi connectivity index (χ1v) is 6.70. The number of carbonyl (C=O) groups is 2. The molecule has 0 atom stereocenters. The first kappa shape index (κ1) is 13.8. The molecule has 0 saturated heterocycles. The van der Waals surface area contributed by atoms with Crippen molar-refractivity contribution >= 4 is 28.8 Å². The number of hydrogen-bond acceptors (Lipinski definition) is 3. The Kier molecular flexibility index (Phi) is 3.53. The average molecular weight is 291 g/mol. The Labute approximate surface area is 126 Å². The highest BCUT2D eigenvalue weighted by Gasteiger charge is 2.08. The van der Waals surface area contributed by atoms with E-state index in [1.165, 1.54) is 6.08 Å². The second kappa shape index (κ2) is 5.65. The van der Waals surface area contributed by atoms with Crippen molar-refractivity contribution in [1.29, 1.82) is 0 Å². The predicted molar refractivity (Wildman–Crippen MR) is 84.4 cm³/mol. The Morgan fingerprint density at radius 1 is 1.05 bits per heavy atom. The number of fused-ring (bicyclic) bond motifs is 1. The van der Waals surface area contributed by atoms with Gasteiger partial charge < -0.3 is 10.7 Å². The molecule has 0 fully saturated rings. The third-order valence-electron chi connectivity index (χ3n) is 3.25. The van der Waals surface area contributed by atoms with E-state index in [1.807, 2.05) is 24.3 Å². The van der Waals surface area contributed by atoms with Crippen molar-refractivity contribution in [2.45, 2.75) is 0 Å². The van der Waals surface area contributed by atoms with Gasteiger partial charge in [0.1, 0.15) is 0 Å². The van der Waals surface area contributed by atoms with Crippen LogP contribution in [-0.4, -0.2) is 21.7 Å². The number of nitrogens with zero attached hydrogens (tertiary/aromatic N) is 1. The van der Waals surface area contributed by atoms with E-state index in [2.05, 4.69) is 9.97 Å². The quantitative estimate of drug-likeness (QED) is 0.572. The molecule has 0 aliphatic heterocycles. The lowest BCUT2D eigenvalue weighted by atomic mass is 10.1. The zero-order valence-corrected chi connectivity index (χ0v) is 11.6. The third kappa shape index (κ3) is 2.78. The fourth-order valence-electron chi connectivity index (χ4n) is 2.08. The number of para-hydroxylation sites is 2. The molecule has 1 heterocycles. The molecule has 0 aliphatic rings. The lowest BCUT2D eigenvalue weighted by Crippen LogP contribution is -2.10. The van der Waals surface area contributed by atoms with Crippen LogP contribution in [0.15, 0.2) is 54.6 Å². The number of H-pyrrole nitrogens is 1. The second-order valence-corrected chi connectivity index (χ2v) is 4.79. The van der Waals surface area contributed by atoms with Gasteiger partial charge in [0, 0.05) is 5.56 Å². The van der Waals surface area contributed by atoms with Crippen molar-refractivity contribution in [3.8, 4) is 0 Å². The van der Waals surface area contributed by atoms with E-state index in [0.717, 1.165) is 16.6 Å². The van der Waals surface area contributed by atoms with Gasteiger partial charge in [-0.1, -0.05) is 30.3 Å². The van der Waals surface area contributed by atoms with Crippen LogP contribution in [0.5, 0.6) is 0 Å². The number of primary amides is 1. The molecule has 1 amide bonds. The van der Waals surface area contributed by atoms with Gasteiger partial charge in [0.15, 0.2) is 5.82 Å². The Bertz CT molecular complexity index is 843. The number of rotatable bonds is 4. The van der Waals surface area contributed by atoms with Gasteiger partial charge >= 0.3 is 0 Å². The summed E-state index contributed by atoms with van der Waals surface area (Å²) in [6.45, 7) is 0. The van der Waals surface area contributed by atoms with E-state index in [4.69, 9.17) is 5.73 Å². The molecule has 0 aliphatic carbocycles. The number of benzene rings is 2. The zero-order valence-electron chi connectivity index (χ0n) is 11.6. The summed E-state index contributed by atoms with van der Waals surface area (Å²) in [5.74, 6) is -0.393. The maximum Gasteiger partial charge on any atom is 0.248 e. The van der Waals surface area contributed by atoms with Crippen LogP contribution in [0.25, 0.3) is 17.1 Å². The van der Waals surface area contributed by atoms with Crippen LogP contribution in [0, 0.1) is 0 Å². The summed E-state index contributed by atoms with van der Waals surface area (Å²) in [5.41, 5.74) is 7.99. The minimum absolute atomic E-state index is 0.213. The average Bonchev–Trinajstić information content (AvgIpc) is 2.97. The lowest BCUT2D eigenvalue weighted by molar-refractivity contribution is 0.0998. The van der Waals surface area contributed by atoms with Crippen molar-refractivity contribution in [1.82, 2.24) is 9.97 Å². The van der Waals surface area contributed by atoms with Crippen molar-refractivity contribution < 1.29 is 9.59 Å². The maximum atomic E-state index is 12.1. The van der Waals surface area contributed by atoms with E-state index in [-0.39, 0.29) is 5.78 Å². The maximum absolute atomic E-state index is 12.1. The molecule has 1 aromatic heterocycles. The molecule has 0 bridgehead atoms. The standard InChI is InChI=1S/C17H13N3O2/c18-16(22)12-8-5-11(6-9-12)7-10-15(21)17-19-13-3-1-2-4-14(13)20-17/h1-10H,(H2,18,22)(H,19,20). The highest BCUT2D eigenvalue weighted by molar-refractivity contribution is 6.05. The zero-order chi connectivity index (χ0) is 15.5. The largest absolute Gasteiger partial charge is 0.366 e. The van der Waals surface area contributed by atoms with Crippen molar-refractivity contribution in [2.24, 2.45) is 5.73 Å². The molecule has 0 saturated carbocycles. The third-order valence-corrected chi connectivity index (χ3v) is 3.25. The number of imidazole rings is 1. The molecule has 5 nitrogen and oxygen atoms in total. The molecule has 5 heteroatoms. The smallest absolute Gasteiger partial charge is 0.248 e. The molecular formula is C17H13N3O2. The monoisotopic (exact) mass is 291 g/mol. The predicted octanol–water partition coefficient (Wildman–Crippen LogP) is 2.56. The van der Waals surface area contributed by atoms with Crippen LogP contribution in [0.4, 0.5) is 0 Å². The van der Waals surface area contributed by atoms with E-state index in [1.54, 1.807) is 30.3 Å². The van der Waals surface area contributed by atoms with Crippen LogP contribution < -0.4 is 5.73 Å². The molecule has 108 valence electrons. The van der Waals surface area contributed by atoms with Gasteiger partial charge in [0.2, 0.25) is 11.7 Å². The van der Waals surface area contributed by atoms with Gasteiger partial charge in [-0.3, -0.25) is 9.59 Å². The van der Waals surface area contributed by atoms with Gasteiger partial charge in [-0.25, -0.2) is 4.98 Å². The van der Waals surface area contributed by atoms with Gasteiger partial charge in [-0.15, -0.1) is 0 Å². The number of ketones is 1. The molecular weight excluding hydrogens is 278 g/mol. The summed E-state index contributed by atoms with van der Waals surface area (Å²) in [6, 6.07) is 14.1. The number of allylic oxidation sites excluding steroid dienone is 1. The summed E-state index contributed by atoms with van der Waals surface area (Å²) in [4.78, 5) is 30.3. The Hall–Kier alpha value is -3.21. The van der Waals surface area contributed by atoms with Gasteiger partial charge in [0.05, 0.1) is 11.0 Å². The second-order valence-electron chi connectivity index (χ2n) is 4.79. The number of nitrogens with two attached hydrogens (primary N) is 1. The first-order chi connectivity index (χ1) is 10.6. The number of nitrogens with one attached hydrogen (secondary N) is 1. The Morgan fingerprint density at radius 3 is 2.45 bits per heavy atom. The van der Waals surface area contributed by atoms with E-state index in [0.29, 0.717) is 11.4 Å². The highest BCUT2D eigenvalue weighted by atomic mass is 16.1. The normalized spacial score (nSPS) is 11.1. The molecule has 22 heavy (non-hydrogen) atoms. The van der Waals surface area contributed by atoms with Crippen LogP contribution in [-0.2, 0) is 0 Å². The van der Waals surface area contributed by atoms with Gasteiger partial charge in [-0.05, 0) is 35.9 Å². The summed E-state index contributed by atoms with van der Waals surface area (Å²) in [7, 11) is 0. The molecule has 3 rings (SSSR count). The molecule has 3 N–H and O–H groups in total. The minimum atomic E-state index is -0.478. The SMILES string of the molecule is NC(=O)c1ccc(C=CC(=O)c2nc3ccccc3[nH]2)cc1. The van der Waals surface area contributed by atoms with Crippen molar-refractivity contribution in [3.63, 3.8) is 0 Å². The lowest BCUT2D eigenvalue weighted by Gasteiger charge is -1.96. The van der Waals surface area contributed by atoms with E-state index < -0.39 is 5.91 Å². The molecule has 2 aromatic carbocycles. The number of amides is 1. The molecule has 0 radical (unpaired) electrons. The van der Waals surface area contributed by atoms with Crippen molar-refractivity contribution in [2.75, 3.05) is 0 Å². The Morgan fingerprint density at radius 2 is 1.77 bits per heavy atom. The molecule has 0 unspecified atom stereocenters. The van der Waals surface area contributed by atoms with Crippen LogP contribution >= 0.6 is 0 Å². The van der Waals surface area contributed by atoms with Crippen LogP contribution in [0.3, 0.4) is 0 Å². The number of aromatic nitrogens is 2. The van der Waals surface area contributed by atoms with Crippen LogP contribution in [0.2, 0.25) is 0 Å². The fourth-order valence-corrected chi connectivity index (χ4v) is 2.08. The molecule has 0 spiro atoms. The summed E-state index contributed by atoms with van der Waals surface area (Å²) in [6.07, 6.45) is 3.11. The van der Waals surface area contributed by atoms with Crippen LogP contribution in [0.1, 0.15) is 26.5 Å². The van der Waals surface area contributed by atoms with Gasteiger partial charge in [0.25, 0.3) is 0 Å². The van der Waals surface area contributed by atoms with Crippen molar-refractivity contribution in [3.05, 3.63) is 71.6 Å². The van der Waals surface area contributed by atoms with E-state index in [9.17, 15) is 9.59 Å². The summed E-state index contributed by atoms with van der Waals surface area (Å²) >= 11 is 0. The Balaban J connectivity index is 1.79.